The highest BCUT2D eigenvalue weighted by molar-refractivity contribution is 6.30. The summed E-state index contributed by atoms with van der Waals surface area (Å²) < 4.78 is 0. The highest BCUT2D eigenvalue weighted by atomic mass is 35.5. The van der Waals surface area contributed by atoms with Gasteiger partial charge in [0, 0.05) is 73.8 Å². The van der Waals surface area contributed by atoms with Gasteiger partial charge >= 0.3 is 0 Å². The van der Waals surface area contributed by atoms with Crippen molar-refractivity contribution in [3.8, 4) is 11.8 Å². The smallest absolute Gasteiger partial charge is 0.255 e. The third kappa shape index (κ3) is 9.34. The van der Waals surface area contributed by atoms with E-state index < -0.39 is 11.9 Å². The van der Waals surface area contributed by atoms with Crippen molar-refractivity contribution >= 4 is 41.0 Å². The van der Waals surface area contributed by atoms with E-state index in [-0.39, 0.29) is 30.1 Å². The van der Waals surface area contributed by atoms with Crippen LogP contribution in [0.3, 0.4) is 0 Å². The molecule has 57 heavy (non-hydrogen) atoms. The van der Waals surface area contributed by atoms with Gasteiger partial charge in [0.25, 0.3) is 5.91 Å². The predicted octanol–water partition coefficient (Wildman–Crippen LogP) is 6.31. The number of hydrogen-bond acceptors (Lipinski definition) is 8. The van der Waals surface area contributed by atoms with Crippen LogP contribution in [-0.2, 0) is 20.9 Å². The average molecular weight is 792 g/mol. The number of unbranched alkanes of at least 4 members (excludes halogenated alkanes) is 6. The second-order valence-corrected chi connectivity index (χ2v) is 16.5. The van der Waals surface area contributed by atoms with E-state index in [0.717, 1.165) is 93.5 Å². The van der Waals surface area contributed by atoms with Gasteiger partial charge in [0.15, 0.2) is 0 Å². The quantitative estimate of drug-likeness (QED) is 0.111. The van der Waals surface area contributed by atoms with Gasteiger partial charge in [0.1, 0.15) is 18.2 Å². The molecule has 0 saturated carbocycles. The number of fused-ring (bicyclic) bond motifs is 2. The van der Waals surface area contributed by atoms with E-state index in [0.29, 0.717) is 55.0 Å². The fourth-order valence-electron chi connectivity index (χ4n) is 8.96. The largest absolute Gasteiger partial charge is 0.353 e. The van der Waals surface area contributed by atoms with Crippen molar-refractivity contribution in [3.63, 3.8) is 0 Å². The van der Waals surface area contributed by atoms with Crippen molar-refractivity contribution in [1.82, 2.24) is 30.4 Å². The number of hydrogen-bond donors (Lipinski definition) is 2. The Kier molecular flexibility index (Phi) is 13.2. The molecule has 0 bridgehead atoms. The lowest BCUT2D eigenvalue weighted by Gasteiger charge is -2.38. The maximum absolute atomic E-state index is 14.0. The molecule has 2 N–H and O–H groups in total. The molecular formula is C45H54ClN7O4. The van der Waals surface area contributed by atoms with Gasteiger partial charge in [-0.1, -0.05) is 81.2 Å². The Labute approximate surface area is 341 Å². The number of piperazine rings is 1. The highest BCUT2D eigenvalue weighted by Gasteiger charge is 2.40. The van der Waals surface area contributed by atoms with Gasteiger partial charge in [-0.3, -0.25) is 24.5 Å². The molecule has 4 atom stereocenters. The topological polar surface area (TPSA) is 128 Å². The summed E-state index contributed by atoms with van der Waals surface area (Å²) in [5.74, 6) is 7.51. The zero-order valence-electron chi connectivity index (χ0n) is 33.2. The van der Waals surface area contributed by atoms with Crippen molar-refractivity contribution in [2.75, 3.05) is 44.2 Å². The zero-order chi connectivity index (χ0) is 39.9. The van der Waals surface area contributed by atoms with Crippen LogP contribution < -0.4 is 15.5 Å². The second kappa shape index (κ2) is 18.6. The van der Waals surface area contributed by atoms with Crippen molar-refractivity contribution in [2.45, 2.75) is 108 Å². The van der Waals surface area contributed by atoms with Gasteiger partial charge in [-0.05, 0) is 79.5 Å². The first-order chi connectivity index (χ1) is 27.7. The molecule has 12 heteroatoms. The summed E-state index contributed by atoms with van der Waals surface area (Å²) >= 11 is 6.22. The Hall–Kier alpha value is -4.79. The lowest BCUT2D eigenvalue weighted by atomic mass is 9.96. The molecule has 1 aromatic heterocycles. The molecule has 4 heterocycles. The first kappa shape index (κ1) is 40.4. The van der Waals surface area contributed by atoms with Crippen LogP contribution in [0, 0.1) is 11.8 Å². The first-order valence-corrected chi connectivity index (χ1v) is 21.2. The minimum absolute atomic E-state index is 0.154. The van der Waals surface area contributed by atoms with Crippen molar-refractivity contribution in [2.24, 2.45) is 0 Å². The molecule has 1 aliphatic carbocycles. The number of rotatable bonds is 14. The van der Waals surface area contributed by atoms with Crippen molar-refractivity contribution in [3.05, 3.63) is 87.3 Å². The van der Waals surface area contributed by atoms with Crippen molar-refractivity contribution in [1.29, 1.82) is 0 Å². The van der Waals surface area contributed by atoms with Gasteiger partial charge in [-0.25, -0.2) is 9.97 Å². The predicted molar refractivity (Wildman–Crippen MR) is 221 cm³/mol. The Morgan fingerprint density at radius 3 is 2.47 bits per heavy atom. The number of amides is 4. The standard InChI is InChI=1S/C45H54ClN7O4/c1-30-26-31(2)41-40(30)42(49-29-48-41)51-22-24-52(25-23-51)44(56)36(33-15-17-34(46)18-16-33)27-47-21-10-8-6-4-3-5-7-9-12-32-13-11-14-35-37(32)28-53(45(35)57)38-19-20-39(54)50-43(38)55/h11,13-18,29-31,36,38,47H,3-8,10,19-28H2,1-2H3,(H,50,54,55)/t30-,31-,36-,38?/m1/s1. The van der Waals surface area contributed by atoms with E-state index in [1.165, 1.54) is 11.3 Å². The maximum Gasteiger partial charge on any atom is 0.255 e. The molecule has 2 saturated heterocycles. The molecule has 300 valence electrons. The highest BCUT2D eigenvalue weighted by Crippen LogP contribution is 2.44. The third-order valence-corrected chi connectivity index (χ3v) is 12.3. The van der Waals surface area contributed by atoms with E-state index in [2.05, 4.69) is 46.2 Å². The minimum atomic E-state index is -0.627. The second-order valence-electron chi connectivity index (χ2n) is 16.1. The third-order valence-electron chi connectivity index (χ3n) is 12.1. The van der Waals surface area contributed by atoms with Crippen LogP contribution in [0.2, 0.25) is 5.02 Å². The van der Waals surface area contributed by atoms with Gasteiger partial charge in [-0.15, -0.1) is 0 Å². The van der Waals surface area contributed by atoms with Gasteiger partial charge in [-0.2, -0.15) is 0 Å². The number of aromatic nitrogens is 2. The van der Waals surface area contributed by atoms with E-state index in [4.69, 9.17) is 16.6 Å². The van der Waals surface area contributed by atoms with Gasteiger partial charge < -0.3 is 20.0 Å². The number of nitrogens with zero attached hydrogens (tertiary/aromatic N) is 5. The molecule has 1 unspecified atom stereocenters. The summed E-state index contributed by atoms with van der Waals surface area (Å²) in [6.45, 7) is 9.13. The molecule has 4 amide bonds. The Balaban J connectivity index is 0.812. The SMILES string of the molecule is C[C@@H]1C[C@@H](C)c2c1ncnc2N1CCN(C(=O)[C@H](CNCCCCCCCCC#Cc2cccc3c2CN(C2CCC(=O)NC2=O)C3=O)c2ccc(Cl)cc2)CC1. The molecule has 0 radical (unpaired) electrons. The molecule has 3 aliphatic heterocycles. The van der Waals surface area contributed by atoms with Crippen LogP contribution in [-0.4, -0.2) is 88.7 Å². The summed E-state index contributed by atoms with van der Waals surface area (Å²) in [5, 5.41) is 6.61. The Morgan fingerprint density at radius 2 is 1.70 bits per heavy atom. The number of halogens is 1. The molecule has 0 spiro atoms. The van der Waals surface area contributed by atoms with E-state index in [9.17, 15) is 19.2 Å². The number of carbonyl (C=O) groups is 4. The first-order valence-electron chi connectivity index (χ1n) is 20.8. The molecule has 4 aliphatic rings. The molecule has 2 aromatic carbocycles. The zero-order valence-corrected chi connectivity index (χ0v) is 34.0. The van der Waals surface area contributed by atoms with Crippen molar-refractivity contribution < 1.29 is 19.2 Å². The number of benzene rings is 2. The molecule has 3 aromatic rings. The maximum atomic E-state index is 14.0. The Morgan fingerprint density at radius 1 is 0.947 bits per heavy atom. The molecule has 7 rings (SSSR count). The number of nitrogens with one attached hydrogen (secondary N) is 2. The lowest BCUT2D eigenvalue weighted by molar-refractivity contribution is -0.137. The van der Waals surface area contributed by atoms with Crippen LogP contribution >= 0.6 is 11.6 Å². The monoisotopic (exact) mass is 791 g/mol. The minimum Gasteiger partial charge on any atom is -0.353 e. The summed E-state index contributed by atoms with van der Waals surface area (Å²) in [4.78, 5) is 66.4. The number of carbonyl (C=O) groups excluding carboxylic acids is 4. The fourth-order valence-corrected chi connectivity index (χ4v) is 9.08. The van der Waals surface area contributed by atoms with Crippen LogP contribution in [0.15, 0.2) is 48.8 Å². The fraction of sp³-hybridized carbons (Fsp3) is 0.511. The van der Waals surface area contributed by atoms with Crippen LogP contribution in [0.1, 0.15) is 134 Å². The number of piperidine rings is 1. The van der Waals surface area contributed by atoms with Gasteiger partial charge in [0.2, 0.25) is 17.7 Å². The summed E-state index contributed by atoms with van der Waals surface area (Å²) in [7, 11) is 0. The summed E-state index contributed by atoms with van der Waals surface area (Å²) in [6, 6.07) is 12.6. The van der Waals surface area contributed by atoms with Gasteiger partial charge in [0.05, 0.1) is 11.6 Å². The van der Waals surface area contributed by atoms with E-state index >= 15 is 0 Å². The summed E-state index contributed by atoms with van der Waals surface area (Å²) in [6.07, 6.45) is 10.8. The summed E-state index contributed by atoms with van der Waals surface area (Å²) in [5.41, 5.74) is 5.73. The Bertz CT molecular complexity index is 2020. The van der Waals surface area contributed by atoms with Crippen LogP contribution in [0.25, 0.3) is 0 Å². The van der Waals surface area contributed by atoms with E-state index in [1.54, 1.807) is 17.3 Å². The molecule has 2 fully saturated rings. The van der Waals surface area contributed by atoms with Crippen LogP contribution in [0.5, 0.6) is 0 Å². The average Bonchev–Trinajstić information content (AvgIpc) is 3.71. The molecule has 11 nitrogen and oxygen atoms in total. The lowest BCUT2D eigenvalue weighted by Crippen LogP contribution is -2.52. The molecular weight excluding hydrogens is 738 g/mol. The van der Waals surface area contributed by atoms with Crippen LogP contribution in [0.4, 0.5) is 5.82 Å². The number of anilines is 1. The van der Waals surface area contributed by atoms with E-state index in [1.807, 2.05) is 41.3 Å². The number of imide groups is 1. The normalized spacial score (nSPS) is 20.9.